The molecule has 0 bridgehead atoms. The Balaban J connectivity index is 2.63. The van der Waals surface area contributed by atoms with Gasteiger partial charge in [0, 0.05) is 11.2 Å². The number of ether oxygens (including phenoxy) is 1. The molecule has 2 N–H and O–H groups in total. The van der Waals surface area contributed by atoms with Crippen LogP contribution in [0.2, 0.25) is 0 Å². The van der Waals surface area contributed by atoms with E-state index in [0.29, 0.717) is 0 Å². The van der Waals surface area contributed by atoms with Crippen molar-refractivity contribution in [1.82, 2.24) is 5.32 Å². The molecule has 1 aromatic rings. The highest BCUT2D eigenvalue weighted by molar-refractivity contribution is 5.93. The third-order valence-corrected chi connectivity index (χ3v) is 3.96. The fourth-order valence-corrected chi connectivity index (χ4v) is 2.19. The zero-order chi connectivity index (χ0) is 16.8. The average Bonchev–Trinajstić information content (AvgIpc) is 2.49. The molecule has 1 rings (SSSR count). The van der Waals surface area contributed by atoms with E-state index >= 15 is 0 Å². The molecule has 0 heterocycles. The predicted molar refractivity (Wildman–Crippen MR) is 87.9 cm³/mol. The molecule has 1 aromatic carbocycles. The van der Waals surface area contributed by atoms with Gasteiger partial charge >= 0.3 is 5.97 Å². The van der Waals surface area contributed by atoms with Gasteiger partial charge in [-0.1, -0.05) is 25.1 Å². The minimum Gasteiger partial charge on any atom is -0.469 e. The summed E-state index contributed by atoms with van der Waals surface area (Å²) in [6.45, 7) is 7.96. The van der Waals surface area contributed by atoms with Gasteiger partial charge in [-0.15, -0.1) is 0 Å². The van der Waals surface area contributed by atoms with E-state index in [9.17, 15) is 9.59 Å². The van der Waals surface area contributed by atoms with Crippen molar-refractivity contribution >= 4 is 17.6 Å². The van der Waals surface area contributed by atoms with Gasteiger partial charge in [0.1, 0.15) is 0 Å². The summed E-state index contributed by atoms with van der Waals surface area (Å²) in [6.07, 6.45) is 0.954. The highest BCUT2D eigenvalue weighted by Crippen LogP contribution is 2.19. The molecular formula is C17H26N2O3. The first kappa shape index (κ1) is 18.2. The molecule has 0 unspecified atom stereocenters. The standard InChI is InChI=1S/C17H26N2O3/c1-6-17(4,10-15(21)22-5)18-11-14(20)19-16-12(2)8-7-9-13(16)3/h7-9,18H,6,10-11H2,1-5H3,(H,19,20)/t17-/m1/s1. The second-order valence-electron chi connectivity index (χ2n) is 5.84. The number of methoxy groups -OCH3 is 1. The molecule has 122 valence electrons. The van der Waals surface area contributed by atoms with Gasteiger partial charge < -0.3 is 15.4 Å². The number of rotatable bonds is 7. The fraction of sp³-hybridized carbons (Fsp3) is 0.529. The van der Waals surface area contributed by atoms with E-state index in [-0.39, 0.29) is 24.8 Å². The normalized spacial score (nSPS) is 13.3. The van der Waals surface area contributed by atoms with Crippen molar-refractivity contribution in [1.29, 1.82) is 0 Å². The molecule has 0 aliphatic carbocycles. The predicted octanol–water partition coefficient (Wildman–Crippen LogP) is 2.56. The number of esters is 1. The SMILES string of the molecule is CC[C@](C)(CC(=O)OC)NCC(=O)Nc1c(C)cccc1C. The topological polar surface area (TPSA) is 67.4 Å². The van der Waals surface area contributed by atoms with Crippen molar-refractivity contribution in [2.24, 2.45) is 0 Å². The van der Waals surface area contributed by atoms with Crippen LogP contribution in [0.1, 0.15) is 37.8 Å². The molecule has 0 spiro atoms. The van der Waals surface area contributed by atoms with Crippen LogP contribution in [0.3, 0.4) is 0 Å². The van der Waals surface area contributed by atoms with Crippen molar-refractivity contribution in [2.75, 3.05) is 19.0 Å². The lowest BCUT2D eigenvalue weighted by molar-refractivity contribution is -0.142. The van der Waals surface area contributed by atoms with Crippen molar-refractivity contribution < 1.29 is 14.3 Å². The number of benzene rings is 1. The van der Waals surface area contributed by atoms with Gasteiger partial charge in [-0.25, -0.2) is 0 Å². The third-order valence-electron chi connectivity index (χ3n) is 3.96. The molecule has 0 fully saturated rings. The van der Waals surface area contributed by atoms with Crippen LogP contribution in [-0.2, 0) is 14.3 Å². The summed E-state index contributed by atoms with van der Waals surface area (Å²) in [4.78, 5) is 23.6. The molecule has 0 radical (unpaired) electrons. The Morgan fingerprint density at radius 3 is 2.32 bits per heavy atom. The molecule has 5 nitrogen and oxygen atoms in total. The van der Waals surface area contributed by atoms with Crippen molar-refractivity contribution in [3.8, 4) is 0 Å². The zero-order valence-electron chi connectivity index (χ0n) is 14.1. The van der Waals surface area contributed by atoms with E-state index in [0.717, 1.165) is 23.2 Å². The first-order chi connectivity index (χ1) is 10.3. The summed E-state index contributed by atoms with van der Waals surface area (Å²) < 4.78 is 4.70. The third kappa shape index (κ3) is 5.15. The summed E-state index contributed by atoms with van der Waals surface area (Å²) in [5.41, 5.74) is 2.45. The van der Waals surface area contributed by atoms with Gasteiger partial charge in [-0.05, 0) is 38.3 Å². The van der Waals surface area contributed by atoms with Crippen LogP contribution < -0.4 is 10.6 Å². The van der Waals surface area contributed by atoms with E-state index in [1.165, 1.54) is 7.11 Å². The largest absolute Gasteiger partial charge is 0.469 e. The van der Waals surface area contributed by atoms with Gasteiger partial charge in [0.05, 0.1) is 20.1 Å². The van der Waals surface area contributed by atoms with Crippen LogP contribution in [0.25, 0.3) is 0 Å². The molecule has 0 saturated heterocycles. The highest BCUT2D eigenvalue weighted by atomic mass is 16.5. The van der Waals surface area contributed by atoms with E-state index in [2.05, 4.69) is 10.6 Å². The lowest BCUT2D eigenvalue weighted by Crippen LogP contribution is -2.47. The van der Waals surface area contributed by atoms with E-state index in [4.69, 9.17) is 4.74 Å². The molecule has 5 heteroatoms. The zero-order valence-corrected chi connectivity index (χ0v) is 14.1. The number of hydrogen-bond donors (Lipinski definition) is 2. The lowest BCUT2D eigenvalue weighted by Gasteiger charge is -2.28. The van der Waals surface area contributed by atoms with Gasteiger partial charge in [-0.3, -0.25) is 9.59 Å². The molecule has 1 atom stereocenters. The Kier molecular flexibility index (Phi) is 6.56. The average molecular weight is 306 g/mol. The number of aryl methyl sites for hydroxylation is 2. The van der Waals surface area contributed by atoms with E-state index < -0.39 is 5.54 Å². The number of anilines is 1. The summed E-state index contributed by atoms with van der Waals surface area (Å²) in [7, 11) is 1.37. The van der Waals surface area contributed by atoms with E-state index in [1.807, 2.05) is 45.9 Å². The van der Waals surface area contributed by atoms with Gasteiger partial charge in [-0.2, -0.15) is 0 Å². The van der Waals surface area contributed by atoms with Crippen molar-refractivity contribution in [2.45, 2.75) is 46.1 Å². The number of nitrogens with one attached hydrogen (secondary N) is 2. The first-order valence-corrected chi connectivity index (χ1v) is 7.49. The summed E-state index contributed by atoms with van der Waals surface area (Å²) in [5, 5.41) is 6.08. The summed E-state index contributed by atoms with van der Waals surface area (Å²) in [6, 6.07) is 5.88. The molecular weight excluding hydrogens is 280 g/mol. The van der Waals surface area contributed by atoms with Crippen molar-refractivity contribution in [3.63, 3.8) is 0 Å². The molecule has 0 saturated carbocycles. The maximum absolute atomic E-state index is 12.1. The van der Waals surface area contributed by atoms with E-state index in [1.54, 1.807) is 0 Å². The molecule has 22 heavy (non-hydrogen) atoms. The number of amides is 1. The Morgan fingerprint density at radius 2 is 1.82 bits per heavy atom. The van der Waals surface area contributed by atoms with Crippen LogP contribution in [0.5, 0.6) is 0 Å². The highest BCUT2D eigenvalue weighted by Gasteiger charge is 2.26. The minimum atomic E-state index is -0.453. The van der Waals surface area contributed by atoms with Gasteiger partial charge in [0.25, 0.3) is 0 Å². The minimum absolute atomic E-state index is 0.123. The smallest absolute Gasteiger partial charge is 0.307 e. The quantitative estimate of drug-likeness (QED) is 0.760. The molecule has 1 amide bonds. The number of para-hydroxylation sites is 1. The Bertz CT molecular complexity index is 522. The Labute approximate surface area is 132 Å². The van der Waals surface area contributed by atoms with Crippen LogP contribution in [-0.4, -0.2) is 31.1 Å². The van der Waals surface area contributed by atoms with Crippen LogP contribution in [0.4, 0.5) is 5.69 Å². The maximum atomic E-state index is 12.1. The first-order valence-electron chi connectivity index (χ1n) is 7.49. The Hall–Kier alpha value is -1.88. The summed E-state index contributed by atoms with van der Waals surface area (Å²) in [5.74, 6) is -0.408. The van der Waals surface area contributed by atoms with Crippen LogP contribution in [0, 0.1) is 13.8 Å². The van der Waals surface area contributed by atoms with Crippen molar-refractivity contribution in [3.05, 3.63) is 29.3 Å². The fourth-order valence-electron chi connectivity index (χ4n) is 2.19. The maximum Gasteiger partial charge on any atom is 0.307 e. The molecule has 0 aliphatic heterocycles. The Morgan fingerprint density at radius 1 is 1.23 bits per heavy atom. The second-order valence-corrected chi connectivity index (χ2v) is 5.84. The lowest BCUT2D eigenvalue weighted by atomic mass is 9.94. The van der Waals surface area contributed by atoms with Crippen LogP contribution >= 0.6 is 0 Å². The number of hydrogen-bond acceptors (Lipinski definition) is 4. The number of carbonyl (C=O) groups is 2. The molecule has 0 aromatic heterocycles. The van der Waals surface area contributed by atoms with Gasteiger partial charge in [0.2, 0.25) is 5.91 Å². The van der Waals surface area contributed by atoms with Gasteiger partial charge in [0.15, 0.2) is 0 Å². The second kappa shape index (κ2) is 7.94. The van der Waals surface area contributed by atoms with Crippen LogP contribution in [0.15, 0.2) is 18.2 Å². The molecule has 0 aliphatic rings. The summed E-state index contributed by atoms with van der Waals surface area (Å²) >= 11 is 0. The number of carbonyl (C=O) groups excluding carboxylic acids is 2. The monoisotopic (exact) mass is 306 g/mol.